The number of rotatable bonds is 5. The second kappa shape index (κ2) is 7.52. The highest BCUT2D eigenvalue weighted by molar-refractivity contribution is 5.94. The normalized spacial score (nSPS) is 15.5. The molecule has 1 aliphatic heterocycles. The van der Waals surface area contributed by atoms with Crippen LogP contribution in [0.5, 0.6) is 5.75 Å². The molecule has 0 saturated carbocycles. The summed E-state index contributed by atoms with van der Waals surface area (Å²) in [5.74, 6) is -0.0166. The maximum Gasteiger partial charge on any atom is 0.253 e. The molecular weight excluding hydrogens is 328 g/mol. The van der Waals surface area contributed by atoms with Crippen molar-refractivity contribution in [2.45, 2.75) is 20.3 Å². The number of hydrogen-bond donors (Lipinski definition) is 1. The van der Waals surface area contributed by atoms with E-state index in [0.29, 0.717) is 24.3 Å². The Labute approximate surface area is 152 Å². The summed E-state index contributed by atoms with van der Waals surface area (Å²) in [6.07, 6.45) is 2.47. The van der Waals surface area contributed by atoms with Crippen molar-refractivity contribution in [3.8, 4) is 5.75 Å². The summed E-state index contributed by atoms with van der Waals surface area (Å²) in [6, 6.07) is 11.0. The number of ether oxygens (including phenoxy) is 1. The number of fused-ring (bicyclic) bond motifs is 1. The van der Waals surface area contributed by atoms with Gasteiger partial charge in [-0.1, -0.05) is 12.1 Å². The maximum atomic E-state index is 12.3. The van der Waals surface area contributed by atoms with E-state index in [4.69, 9.17) is 4.74 Å². The molecule has 0 radical (unpaired) electrons. The van der Waals surface area contributed by atoms with Gasteiger partial charge in [-0.05, 0) is 66.9 Å². The zero-order valence-electron chi connectivity index (χ0n) is 15.2. The number of carbonyl (C=O) groups is 2. The predicted molar refractivity (Wildman–Crippen MR) is 99.6 cm³/mol. The molecule has 2 aromatic rings. The van der Waals surface area contributed by atoms with Crippen molar-refractivity contribution < 1.29 is 14.3 Å². The number of methoxy groups -OCH3 is 1. The highest BCUT2D eigenvalue weighted by Crippen LogP contribution is 2.13. The van der Waals surface area contributed by atoms with E-state index in [0.717, 1.165) is 16.1 Å². The molecule has 0 fully saturated rings. The minimum Gasteiger partial charge on any atom is -0.497 e. The molecule has 0 saturated heterocycles. The summed E-state index contributed by atoms with van der Waals surface area (Å²) in [4.78, 5) is 28.7. The monoisotopic (exact) mass is 350 g/mol. The van der Waals surface area contributed by atoms with Crippen LogP contribution in [0, 0.1) is 19.8 Å². The first-order chi connectivity index (χ1) is 12.5. The van der Waals surface area contributed by atoms with E-state index in [1.54, 1.807) is 31.4 Å². The summed E-state index contributed by atoms with van der Waals surface area (Å²) in [6.45, 7) is 4.46. The Morgan fingerprint density at radius 2 is 1.96 bits per heavy atom. The highest BCUT2D eigenvalue weighted by Gasteiger charge is 2.19. The van der Waals surface area contributed by atoms with Gasteiger partial charge in [-0.25, -0.2) is 4.99 Å². The van der Waals surface area contributed by atoms with Crippen LogP contribution in [-0.2, 0) is 4.79 Å². The molecule has 1 atom stereocenters. The number of benzene rings is 2. The summed E-state index contributed by atoms with van der Waals surface area (Å²) in [5.41, 5.74) is 2.83. The Balaban J connectivity index is 1.66. The van der Waals surface area contributed by atoms with Crippen molar-refractivity contribution in [3.63, 3.8) is 0 Å². The van der Waals surface area contributed by atoms with Gasteiger partial charge in [0, 0.05) is 12.1 Å². The van der Waals surface area contributed by atoms with Crippen LogP contribution < -0.4 is 20.6 Å². The smallest absolute Gasteiger partial charge is 0.253 e. The summed E-state index contributed by atoms with van der Waals surface area (Å²) in [5, 5.41) is 4.57. The SMILES string of the molecule is COc1cccc(C(=O)NCCC2C=c3cc(C)c(C)cc3=NC2=O)c1. The molecule has 2 aromatic carbocycles. The topological polar surface area (TPSA) is 67.8 Å². The van der Waals surface area contributed by atoms with Gasteiger partial charge in [-0.15, -0.1) is 0 Å². The molecule has 26 heavy (non-hydrogen) atoms. The molecule has 0 spiro atoms. The van der Waals surface area contributed by atoms with Gasteiger partial charge in [0.2, 0.25) is 0 Å². The zero-order valence-corrected chi connectivity index (χ0v) is 15.2. The third kappa shape index (κ3) is 3.82. The minimum atomic E-state index is -0.310. The van der Waals surface area contributed by atoms with Crippen molar-refractivity contribution in [1.82, 2.24) is 5.32 Å². The zero-order chi connectivity index (χ0) is 18.7. The van der Waals surface area contributed by atoms with Crippen LogP contribution in [-0.4, -0.2) is 25.5 Å². The second-order valence-electron chi connectivity index (χ2n) is 6.50. The lowest BCUT2D eigenvalue weighted by Crippen LogP contribution is -2.36. The van der Waals surface area contributed by atoms with Crippen molar-refractivity contribution >= 4 is 17.9 Å². The molecule has 1 heterocycles. The van der Waals surface area contributed by atoms with Gasteiger partial charge < -0.3 is 10.1 Å². The average molecular weight is 350 g/mol. The fourth-order valence-corrected chi connectivity index (χ4v) is 2.96. The molecule has 1 unspecified atom stereocenters. The van der Waals surface area contributed by atoms with Gasteiger partial charge in [-0.3, -0.25) is 9.59 Å². The van der Waals surface area contributed by atoms with Gasteiger partial charge in [-0.2, -0.15) is 0 Å². The molecule has 0 aromatic heterocycles. The molecule has 0 aliphatic carbocycles. The molecule has 134 valence electrons. The van der Waals surface area contributed by atoms with Crippen LogP contribution in [0.4, 0.5) is 0 Å². The summed E-state index contributed by atoms with van der Waals surface area (Å²) < 4.78 is 5.13. The Hall–Kier alpha value is -2.95. The van der Waals surface area contributed by atoms with E-state index in [-0.39, 0.29) is 17.7 Å². The molecule has 5 nitrogen and oxygen atoms in total. The average Bonchev–Trinajstić information content (AvgIpc) is 2.63. The third-order valence-corrected chi connectivity index (χ3v) is 4.64. The van der Waals surface area contributed by atoms with Crippen LogP contribution in [0.2, 0.25) is 0 Å². The summed E-state index contributed by atoms with van der Waals surface area (Å²) >= 11 is 0. The van der Waals surface area contributed by atoms with E-state index < -0.39 is 0 Å². The van der Waals surface area contributed by atoms with E-state index >= 15 is 0 Å². The van der Waals surface area contributed by atoms with Crippen molar-refractivity contribution in [2.75, 3.05) is 13.7 Å². The molecule has 1 N–H and O–H groups in total. The molecular formula is C21H22N2O3. The lowest BCUT2D eigenvalue weighted by Gasteiger charge is -2.14. The first kappa shape index (κ1) is 17.9. The number of nitrogens with zero attached hydrogens (tertiary/aromatic N) is 1. The predicted octanol–water partition coefficient (Wildman–Crippen LogP) is 1.69. The number of hydrogen-bond acceptors (Lipinski definition) is 3. The largest absolute Gasteiger partial charge is 0.497 e. The van der Waals surface area contributed by atoms with Gasteiger partial charge >= 0.3 is 0 Å². The maximum absolute atomic E-state index is 12.3. The molecule has 2 amide bonds. The molecule has 3 rings (SSSR count). The second-order valence-corrected chi connectivity index (χ2v) is 6.50. The lowest BCUT2D eigenvalue weighted by atomic mass is 9.98. The highest BCUT2D eigenvalue weighted by atomic mass is 16.5. The Bertz CT molecular complexity index is 979. The number of aryl methyl sites for hydroxylation is 2. The van der Waals surface area contributed by atoms with E-state index in [2.05, 4.69) is 16.4 Å². The Morgan fingerprint density at radius 3 is 2.73 bits per heavy atom. The first-order valence-electron chi connectivity index (χ1n) is 8.62. The van der Waals surface area contributed by atoms with Crippen LogP contribution in [0.25, 0.3) is 6.08 Å². The van der Waals surface area contributed by atoms with Crippen molar-refractivity contribution in [3.05, 3.63) is 63.7 Å². The first-order valence-corrected chi connectivity index (χ1v) is 8.62. The van der Waals surface area contributed by atoms with Crippen LogP contribution >= 0.6 is 0 Å². The van der Waals surface area contributed by atoms with Gasteiger partial charge in [0.05, 0.1) is 18.4 Å². The quantitative estimate of drug-likeness (QED) is 0.892. The number of amides is 2. The molecule has 0 bridgehead atoms. The molecule has 5 heteroatoms. The van der Waals surface area contributed by atoms with Gasteiger partial charge in [0.1, 0.15) is 5.75 Å². The van der Waals surface area contributed by atoms with Gasteiger partial charge in [0.25, 0.3) is 11.8 Å². The Morgan fingerprint density at radius 1 is 1.19 bits per heavy atom. The fourth-order valence-electron chi connectivity index (χ4n) is 2.96. The van der Waals surface area contributed by atoms with Crippen molar-refractivity contribution in [1.29, 1.82) is 0 Å². The van der Waals surface area contributed by atoms with E-state index in [9.17, 15) is 9.59 Å². The van der Waals surface area contributed by atoms with Crippen LogP contribution in [0.15, 0.2) is 41.4 Å². The summed E-state index contributed by atoms with van der Waals surface area (Å²) in [7, 11) is 1.56. The lowest BCUT2D eigenvalue weighted by molar-refractivity contribution is -0.120. The fraction of sp³-hybridized carbons (Fsp3) is 0.286. The van der Waals surface area contributed by atoms with E-state index in [1.165, 1.54) is 5.56 Å². The standard InChI is InChI=1S/C21H22N2O3/c1-13-9-17-11-16(21(25)23-19(17)10-14(13)2)7-8-22-20(24)15-5-4-6-18(12-15)26-3/h4-6,9-12,16H,7-8H2,1-3H3,(H,22,24). The van der Waals surface area contributed by atoms with Crippen molar-refractivity contribution in [2.24, 2.45) is 10.9 Å². The number of nitrogens with one attached hydrogen (secondary N) is 1. The van der Waals surface area contributed by atoms with E-state index in [1.807, 2.05) is 26.0 Å². The van der Waals surface area contributed by atoms with Crippen LogP contribution in [0.1, 0.15) is 27.9 Å². The molecule has 1 aliphatic rings. The minimum absolute atomic E-state index is 0.156. The van der Waals surface area contributed by atoms with Crippen LogP contribution in [0.3, 0.4) is 0 Å². The van der Waals surface area contributed by atoms with Gasteiger partial charge in [0.15, 0.2) is 0 Å². The third-order valence-electron chi connectivity index (χ3n) is 4.64. The number of carbonyl (C=O) groups excluding carboxylic acids is 2. The Kier molecular flexibility index (Phi) is 5.16.